The molecule has 2 heterocycles. The molecule has 2 amide bonds. The molecular weight excluding hydrogens is 507 g/mol. The highest BCUT2D eigenvalue weighted by atomic mass is 35.5. The Kier molecular flexibility index (Phi) is 10.3. The van der Waals surface area contributed by atoms with Crippen LogP contribution in [0.15, 0.2) is 48.5 Å². The molecular formula is C29H38Cl2N4O2. The summed E-state index contributed by atoms with van der Waals surface area (Å²) in [6.45, 7) is 6.77. The predicted molar refractivity (Wildman–Crippen MR) is 150 cm³/mol. The molecule has 2 aliphatic heterocycles. The van der Waals surface area contributed by atoms with Gasteiger partial charge in [-0.15, -0.1) is 0 Å². The molecule has 2 aliphatic rings. The first-order valence-corrected chi connectivity index (χ1v) is 14.3. The maximum Gasteiger partial charge on any atom is 0.251 e. The van der Waals surface area contributed by atoms with Crippen molar-refractivity contribution in [1.82, 2.24) is 20.4 Å². The average Bonchev–Trinajstić information content (AvgIpc) is 3.06. The molecule has 2 fully saturated rings. The number of hydrogen-bond donors (Lipinski definition) is 2. The van der Waals surface area contributed by atoms with E-state index in [2.05, 4.69) is 46.7 Å². The van der Waals surface area contributed by atoms with E-state index in [4.69, 9.17) is 23.2 Å². The SMILES string of the molecule is CC[C@@H](CN1CC[C@H](CNC(=O)c2ccc(Cl)c(Cl)c2)N[C@H](CN2CCCCC2)C1=O)c1ccccc1. The Labute approximate surface area is 230 Å². The minimum Gasteiger partial charge on any atom is -0.350 e. The van der Waals surface area contributed by atoms with Gasteiger partial charge < -0.3 is 20.4 Å². The monoisotopic (exact) mass is 544 g/mol. The molecule has 0 saturated carbocycles. The van der Waals surface area contributed by atoms with Crippen LogP contribution >= 0.6 is 23.2 Å². The van der Waals surface area contributed by atoms with Crippen molar-refractivity contribution in [2.75, 3.05) is 39.3 Å². The van der Waals surface area contributed by atoms with E-state index < -0.39 is 0 Å². The number of nitrogens with zero attached hydrogens (tertiary/aromatic N) is 2. The fourth-order valence-corrected chi connectivity index (χ4v) is 5.67. The van der Waals surface area contributed by atoms with Crippen molar-refractivity contribution in [2.24, 2.45) is 0 Å². The lowest BCUT2D eigenvalue weighted by Crippen LogP contribution is -2.54. The van der Waals surface area contributed by atoms with Gasteiger partial charge in [-0.3, -0.25) is 9.59 Å². The molecule has 37 heavy (non-hydrogen) atoms. The van der Waals surface area contributed by atoms with Gasteiger partial charge in [0, 0.05) is 43.7 Å². The van der Waals surface area contributed by atoms with Crippen molar-refractivity contribution in [3.63, 3.8) is 0 Å². The Hall–Kier alpha value is -2.12. The third-order valence-corrected chi connectivity index (χ3v) is 8.32. The summed E-state index contributed by atoms with van der Waals surface area (Å²) < 4.78 is 0. The Morgan fingerprint density at radius 2 is 1.81 bits per heavy atom. The first kappa shape index (κ1) is 27.9. The fraction of sp³-hybridized carbons (Fsp3) is 0.517. The number of benzene rings is 2. The maximum atomic E-state index is 13.8. The van der Waals surface area contributed by atoms with Gasteiger partial charge in [-0.2, -0.15) is 0 Å². The van der Waals surface area contributed by atoms with Crippen LogP contribution < -0.4 is 10.6 Å². The van der Waals surface area contributed by atoms with Gasteiger partial charge in [0.1, 0.15) is 0 Å². The largest absolute Gasteiger partial charge is 0.350 e. The van der Waals surface area contributed by atoms with Gasteiger partial charge in [0.15, 0.2) is 0 Å². The van der Waals surface area contributed by atoms with Crippen LogP contribution in [0.3, 0.4) is 0 Å². The van der Waals surface area contributed by atoms with Crippen molar-refractivity contribution in [2.45, 2.75) is 57.0 Å². The fourth-order valence-electron chi connectivity index (χ4n) is 5.37. The summed E-state index contributed by atoms with van der Waals surface area (Å²) in [6.07, 6.45) is 5.36. The Bertz CT molecular complexity index is 1050. The third kappa shape index (κ3) is 7.70. The molecule has 200 valence electrons. The summed E-state index contributed by atoms with van der Waals surface area (Å²) in [5.41, 5.74) is 1.74. The van der Waals surface area contributed by atoms with E-state index in [9.17, 15) is 9.59 Å². The number of carbonyl (C=O) groups excluding carboxylic acids is 2. The van der Waals surface area contributed by atoms with E-state index in [1.54, 1.807) is 18.2 Å². The van der Waals surface area contributed by atoms with Crippen molar-refractivity contribution in [3.8, 4) is 0 Å². The number of amides is 2. The summed E-state index contributed by atoms with van der Waals surface area (Å²) >= 11 is 12.1. The highest BCUT2D eigenvalue weighted by Crippen LogP contribution is 2.24. The summed E-state index contributed by atoms with van der Waals surface area (Å²) in [7, 11) is 0. The van der Waals surface area contributed by atoms with Gasteiger partial charge in [0.2, 0.25) is 5.91 Å². The van der Waals surface area contributed by atoms with E-state index in [1.165, 1.54) is 24.8 Å². The summed E-state index contributed by atoms with van der Waals surface area (Å²) in [5.74, 6) is 0.264. The predicted octanol–water partition coefficient (Wildman–Crippen LogP) is 4.96. The van der Waals surface area contributed by atoms with Crippen LogP contribution in [0.2, 0.25) is 10.0 Å². The van der Waals surface area contributed by atoms with Gasteiger partial charge in [-0.1, -0.05) is 66.9 Å². The first-order chi connectivity index (χ1) is 17.9. The van der Waals surface area contributed by atoms with Gasteiger partial charge in [-0.05, 0) is 62.5 Å². The minimum atomic E-state index is -0.291. The van der Waals surface area contributed by atoms with Crippen LogP contribution in [0.5, 0.6) is 0 Å². The zero-order chi connectivity index (χ0) is 26.2. The van der Waals surface area contributed by atoms with Crippen LogP contribution in [0.25, 0.3) is 0 Å². The molecule has 4 rings (SSSR count). The number of piperidine rings is 1. The second kappa shape index (κ2) is 13.6. The average molecular weight is 546 g/mol. The standard InChI is InChI=1S/C29H38Cl2N4O2/c1-2-21(22-9-5-3-6-10-22)19-35-16-13-24(18-32-28(36)23-11-12-25(30)26(31)17-23)33-27(29(35)37)20-34-14-7-4-8-15-34/h3,5-6,9-12,17,21,24,27,33H,2,4,7-8,13-16,18-20H2,1H3,(H,32,36)/t21-,24+,27+/m0/s1. The summed E-state index contributed by atoms with van der Waals surface area (Å²) in [4.78, 5) is 31.0. The van der Waals surface area contributed by atoms with Crippen molar-refractivity contribution < 1.29 is 9.59 Å². The van der Waals surface area contributed by atoms with Crippen molar-refractivity contribution in [1.29, 1.82) is 0 Å². The zero-order valence-electron chi connectivity index (χ0n) is 21.6. The summed E-state index contributed by atoms with van der Waals surface area (Å²) in [5, 5.41) is 7.41. The number of hydrogen-bond acceptors (Lipinski definition) is 4. The molecule has 0 aliphatic carbocycles. The third-order valence-electron chi connectivity index (χ3n) is 7.58. The lowest BCUT2D eigenvalue weighted by Gasteiger charge is -2.33. The molecule has 8 heteroatoms. The molecule has 0 spiro atoms. The number of likely N-dealkylation sites (tertiary alicyclic amines) is 1. The lowest BCUT2D eigenvalue weighted by molar-refractivity contribution is -0.133. The molecule has 2 aromatic carbocycles. The quantitative estimate of drug-likeness (QED) is 0.468. The smallest absolute Gasteiger partial charge is 0.251 e. The number of nitrogens with one attached hydrogen (secondary N) is 2. The van der Waals surface area contributed by atoms with E-state index >= 15 is 0 Å². The molecule has 2 aromatic rings. The molecule has 0 bridgehead atoms. The molecule has 6 nitrogen and oxygen atoms in total. The van der Waals surface area contributed by atoms with Gasteiger partial charge in [0.25, 0.3) is 5.91 Å². The van der Waals surface area contributed by atoms with Gasteiger partial charge in [-0.25, -0.2) is 0 Å². The number of halogens is 2. The highest BCUT2D eigenvalue weighted by Gasteiger charge is 2.33. The van der Waals surface area contributed by atoms with Crippen molar-refractivity contribution >= 4 is 35.0 Å². The molecule has 0 radical (unpaired) electrons. The van der Waals surface area contributed by atoms with E-state index in [0.29, 0.717) is 47.7 Å². The normalized spacial score (nSPS) is 21.9. The molecule has 0 aromatic heterocycles. The molecule has 2 saturated heterocycles. The van der Waals surface area contributed by atoms with Crippen LogP contribution in [0, 0.1) is 0 Å². The number of carbonyl (C=O) groups is 2. The second-order valence-electron chi connectivity index (χ2n) is 10.2. The first-order valence-electron chi connectivity index (χ1n) is 13.5. The molecule has 0 unspecified atom stereocenters. The van der Waals surface area contributed by atoms with E-state index in [0.717, 1.165) is 25.9 Å². The second-order valence-corrected chi connectivity index (χ2v) is 11.0. The molecule has 2 N–H and O–H groups in total. The molecule has 3 atom stereocenters. The summed E-state index contributed by atoms with van der Waals surface area (Å²) in [6, 6.07) is 15.1. The van der Waals surface area contributed by atoms with Crippen LogP contribution in [-0.2, 0) is 4.79 Å². The lowest BCUT2D eigenvalue weighted by atomic mass is 9.95. The zero-order valence-corrected chi connectivity index (χ0v) is 23.1. The van der Waals surface area contributed by atoms with E-state index in [-0.39, 0.29) is 23.9 Å². The van der Waals surface area contributed by atoms with Crippen LogP contribution in [0.4, 0.5) is 0 Å². The highest BCUT2D eigenvalue weighted by molar-refractivity contribution is 6.42. The van der Waals surface area contributed by atoms with Gasteiger partial charge in [0.05, 0.1) is 16.1 Å². The Morgan fingerprint density at radius 1 is 1.05 bits per heavy atom. The Morgan fingerprint density at radius 3 is 2.51 bits per heavy atom. The van der Waals surface area contributed by atoms with Crippen molar-refractivity contribution in [3.05, 3.63) is 69.7 Å². The van der Waals surface area contributed by atoms with Crippen LogP contribution in [0.1, 0.15) is 60.9 Å². The number of rotatable bonds is 9. The van der Waals surface area contributed by atoms with E-state index in [1.807, 2.05) is 11.0 Å². The topological polar surface area (TPSA) is 64.7 Å². The van der Waals surface area contributed by atoms with Gasteiger partial charge >= 0.3 is 0 Å². The Balaban J connectivity index is 1.45. The minimum absolute atomic E-state index is 0.00716. The van der Waals surface area contributed by atoms with Crippen LogP contribution in [-0.4, -0.2) is 73.0 Å². The maximum absolute atomic E-state index is 13.8.